The maximum atomic E-state index is 12.9. The summed E-state index contributed by atoms with van der Waals surface area (Å²) < 4.78 is 1.86. The van der Waals surface area contributed by atoms with Crippen LogP contribution in [0.4, 0.5) is 0 Å². The summed E-state index contributed by atoms with van der Waals surface area (Å²) in [4.78, 5) is 19.8. The molecule has 1 aliphatic carbocycles. The molecule has 2 aromatic rings. The van der Waals surface area contributed by atoms with Gasteiger partial charge in [0, 0.05) is 10.9 Å². The van der Waals surface area contributed by atoms with Gasteiger partial charge in [0.25, 0.3) is 5.56 Å². The highest BCUT2D eigenvalue weighted by Crippen LogP contribution is 2.33. The van der Waals surface area contributed by atoms with Gasteiger partial charge in [0.2, 0.25) is 0 Å². The van der Waals surface area contributed by atoms with Crippen molar-refractivity contribution in [2.24, 2.45) is 0 Å². The number of hydrogen-bond acceptors (Lipinski definition) is 3. The van der Waals surface area contributed by atoms with E-state index < -0.39 is 0 Å². The van der Waals surface area contributed by atoms with Gasteiger partial charge in [0.05, 0.1) is 11.7 Å². The van der Waals surface area contributed by atoms with Crippen LogP contribution in [0, 0.1) is 0 Å². The Bertz CT molecular complexity index is 667. The quantitative estimate of drug-likeness (QED) is 0.798. The number of aryl methyl sites for hydroxylation is 2. The van der Waals surface area contributed by atoms with E-state index in [1.807, 2.05) is 4.57 Å². The van der Waals surface area contributed by atoms with Crippen LogP contribution in [-0.4, -0.2) is 9.55 Å². The lowest BCUT2D eigenvalue weighted by atomic mass is 10.1. The third kappa shape index (κ3) is 2.20. The molecule has 0 fully saturated rings. The molecule has 0 atom stereocenters. The minimum absolute atomic E-state index is 0.183. The molecular formula is C16H22N2OS. The zero-order valence-corrected chi connectivity index (χ0v) is 13.1. The summed E-state index contributed by atoms with van der Waals surface area (Å²) in [5.74, 6) is 0. The molecule has 2 heterocycles. The molecule has 108 valence electrons. The van der Waals surface area contributed by atoms with Gasteiger partial charge in [-0.3, -0.25) is 9.36 Å². The number of thiophene rings is 1. The third-order valence-corrected chi connectivity index (χ3v) is 5.69. The summed E-state index contributed by atoms with van der Waals surface area (Å²) in [7, 11) is 0. The molecule has 0 aromatic carbocycles. The lowest BCUT2D eigenvalue weighted by Gasteiger charge is -2.15. The molecule has 20 heavy (non-hydrogen) atoms. The van der Waals surface area contributed by atoms with E-state index in [0.717, 1.165) is 35.9 Å². The average molecular weight is 290 g/mol. The number of fused-ring (bicyclic) bond motifs is 3. The molecule has 0 amide bonds. The fourth-order valence-corrected chi connectivity index (χ4v) is 4.50. The SMILES string of the molecule is CCC(CC)n1cnc2sc3c(c2c1=O)CCCCC3. The molecule has 0 unspecified atom stereocenters. The van der Waals surface area contributed by atoms with E-state index in [1.165, 1.54) is 29.7 Å². The summed E-state index contributed by atoms with van der Waals surface area (Å²) in [6.07, 6.45) is 9.65. The number of rotatable bonds is 3. The highest BCUT2D eigenvalue weighted by atomic mass is 32.1. The van der Waals surface area contributed by atoms with Crippen molar-refractivity contribution in [2.75, 3.05) is 0 Å². The van der Waals surface area contributed by atoms with Crippen molar-refractivity contribution in [2.45, 2.75) is 64.8 Å². The Morgan fingerprint density at radius 3 is 2.75 bits per heavy atom. The van der Waals surface area contributed by atoms with Crippen molar-refractivity contribution in [1.82, 2.24) is 9.55 Å². The average Bonchev–Trinajstić information content (AvgIpc) is 2.65. The van der Waals surface area contributed by atoms with Gasteiger partial charge in [-0.05, 0) is 44.1 Å². The van der Waals surface area contributed by atoms with Crippen molar-refractivity contribution in [1.29, 1.82) is 0 Å². The zero-order valence-electron chi connectivity index (χ0n) is 12.3. The van der Waals surface area contributed by atoms with Crippen molar-refractivity contribution in [3.8, 4) is 0 Å². The van der Waals surface area contributed by atoms with E-state index in [1.54, 1.807) is 17.7 Å². The van der Waals surface area contributed by atoms with Crippen LogP contribution in [0.2, 0.25) is 0 Å². The second kappa shape index (κ2) is 5.68. The second-order valence-electron chi connectivity index (χ2n) is 5.67. The molecule has 4 heteroatoms. The molecule has 0 aliphatic heterocycles. The number of nitrogens with zero attached hydrogens (tertiary/aromatic N) is 2. The first kappa shape index (κ1) is 13.8. The molecule has 1 aliphatic rings. The number of hydrogen-bond donors (Lipinski definition) is 0. The van der Waals surface area contributed by atoms with Crippen LogP contribution < -0.4 is 5.56 Å². The predicted molar refractivity (Wildman–Crippen MR) is 84.8 cm³/mol. The van der Waals surface area contributed by atoms with Crippen LogP contribution in [0.5, 0.6) is 0 Å². The third-order valence-electron chi connectivity index (χ3n) is 4.49. The van der Waals surface area contributed by atoms with Gasteiger partial charge in [-0.25, -0.2) is 4.98 Å². The first-order valence-corrected chi connectivity index (χ1v) is 8.59. The van der Waals surface area contributed by atoms with E-state index in [9.17, 15) is 4.79 Å². The van der Waals surface area contributed by atoms with Crippen LogP contribution in [0.1, 0.15) is 62.4 Å². The fraction of sp³-hybridized carbons (Fsp3) is 0.625. The van der Waals surface area contributed by atoms with Crippen LogP contribution >= 0.6 is 11.3 Å². The summed E-state index contributed by atoms with van der Waals surface area (Å²) in [5, 5.41) is 0.918. The fourth-order valence-electron chi connectivity index (χ4n) is 3.28. The van der Waals surface area contributed by atoms with E-state index in [2.05, 4.69) is 18.8 Å². The standard InChI is InChI=1S/C16H22N2OS/c1-3-11(4-2)18-10-17-15-14(16(18)19)12-8-6-5-7-9-13(12)20-15/h10-11H,3-9H2,1-2H3. The lowest BCUT2D eigenvalue weighted by molar-refractivity contribution is 0.456. The first-order valence-electron chi connectivity index (χ1n) is 7.77. The van der Waals surface area contributed by atoms with Gasteiger partial charge in [-0.1, -0.05) is 20.3 Å². The van der Waals surface area contributed by atoms with Gasteiger partial charge < -0.3 is 0 Å². The minimum atomic E-state index is 0.183. The van der Waals surface area contributed by atoms with Crippen LogP contribution in [0.3, 0.4) is 0 Å². The Kier molecular flexibility index (Phi) is 3.92. The molecule has 3 nitrogen and oxygen atoms in total. The molecule has 0 radical (unpaired) electrons. The van der Waals surface area contributed by atoms with E-state index in [-0.39, 0.29) is 11.6 Å². The number of aromatic nitrogens is 2. The molecule has 2 aromatic heterocycles. The summed E-state index contributed by atoms with van der Waals surface area (Å²) in [6, 6.07) is 0.278. The highest BCUT2D eigenvalue weighted by Gasteiger charge is 2.20. The smallest absolute Gasteiger partial charge is 0.262 e. The van der Waals surface area contributed by atoms with Crippen molar-refractivity contribution >= 4 is 21.6 Å². The Labute approximate surface area is 123 Å². The Hall–Kier alpha value is -1.16. The molecule has 0 spiro atoms. The maximum Gasteiger partial charge on any atom is 0.262 e. The zero-order chi connectivity index (χ0) is 14.1. The largest absolute Gasteiger partial charge is 0.296 e. The minimum Gasteiger partial charge on any atom is -0.296 e. The molecular weight excluding hydrogens is 268 g/mol. The Morgan fingerprint density at radius 1 is 1.25 bits per heavy atom. The molecule has 3 rings (SSSR count). The van der Waals surface area contributed by atoms with E-state index >= 15 is 0 Å². The maximum absolute atomic E-state index is 12.9. The van der Waals surface area contributed by atoms with Crippen molar-refractivity contribution < 1.29 is 0 Å². The summed E-state index contributed by atoms with van der Waals surface area (Å²) in [6.45, 7) is 4.28. The van der Waals surface area contributed by atoms with Gasteiger partial charge in [0.15, 0.2) is 0 Å². The molecule has 0 N–H and O–H groups in total. The monoisotopic (exact) mass is 290 g/mol. The van der Waals surface area contributed by atoms with E-state index in [4.69, 9.17) is 0 Å². The van der Waals surface area contributed by atoms with E-state index in [0.29, 0.717) is 0 Å². The molecule has 0 saturated carbocycles. The van der Waals surface area contributed by atoms with Crippen molar-refractivity contribution in [3.63, 3.8) is 0 Å². The Balaban J connectivity index is 2.21. The van der Waals surface area contributed by atoms with Gasteiger partial charge in [-0.15, -0.1) is 11.3 Å². The Morgan fingerprint density at radius 2 is 2.00 bits per heavy atom. The normalized spacial score (nSPS) is 15.6. The lowest BCUT2D eigenvalue weighted by Crippen LogP contribution is -2.24. The molecule has 0 saturated heterocycles. The van der Waals surface area contributed by atoms with Crippen LogP contribution in [0.25, 0.3) is 10.2 Å². The summed E-state index contributed by atoms with van der Waals surface area (Å²) >= 11 is 1.74. The highest BCUT2D eigenvalue weighted by molar-refractivity contribution is 7.18. The predicted octanol–water partition coefficient (Wildman–Crippen LogP) is 4.09. The summed E-state index contributed by atoms with van der Waals surface area (Å²) in [5.41, 5.74) is 1.49. The molecule has 0 bridgehead atoms. The van der Waals surface area contributed by atoms with Crippen LogP contribution in [0.15, 0.2) is 11.1 Å². The van der Waals surface area contributed by atoms with Crippen LogP contribution in [-0.2, 0) is 12.8 Å². The topological polar surface area (TPSA) is 34.9 Å². The van der Waals surface area contributed by atoms with Gasteiger partial charge >= 0.3 is 0 Å². The van der Waals surface area contributed by atoms with Gasteiger partial charge in [0.1, 0.15) is 4.83 Å². The van der Waals surface area contributed by atoms with Gasteiger partial charge in [-0.2, -0.15) is 0 Å². The first-order chi connectivity index (χ1) is 9.76. The second-order valence-corrected chi connectivity index (χ2v) is 6.76. The van der Waals surface area contributed by atoms with Crippen molar-refractivity contribution in [3.05, 3.63) is 27.1 Å².